The number of benzene rings is 1. The van der Waals surface area contributed by atoms with E-state index < -0.39 is 15.6 Å². The molecule has 5 heteroatoms. The SMILES string of the molecule is CCCCCCCCc1cccc(OC(CCC)S(=O)(=O)O)c1CCCCCCCC. The summed E-state index contributed by atoms with van der Waals surface area (Å²) in [6, 6.07) is 5.98. The summed E-state index contributed by atoms with van der Waals surface area (Å²) in [6.07, 6.45) is 17.7. The predicted octanol–water partition coefficient (Wildman–Crippen LogP) is 7.89. The van der Waals surface area contributed by atoms with Crippen LogP contribution in [0.5, 0.6) is 5.75 Å². The van der Waals surface area contributed by atoms with Crippen LogP contribution in [0.1, 0.15) is 122 Å². The van der Waals surface area contributed by atoms with Crippen LogP contribution in [0.25, 0.3) is 0 Å². The van der Waals surface area contributed by atoms with Crippen LogP contribution in [0.15, 0.2) is 18.2 Å². The van der Waals surface area contributed by atoms with Crippen LogP contribution in [0.2, 0.25) is 0 Å². The van der Waals surface area contributed by atoms with E-state index in [4.69, 9.17) is 4.74 Å². The van der Waals surface area contributed by atoms with Gasteiger partial charge in [-0.2, -0.15) is 8.42 Å². The lowest BCUT2D eigenvalue weighted by atomic mass is 9.95. The van der Waals surface area contributed by atoms with Gasteiger partial charge >= 0.3 is 10.1 Å². The Balaban J connectivity index is 2.87. The molecule has 0 bridgehead atoms. The van der Waals surface area contributed by atoms with Crippen LogP contribution in [0.3, 0.4) is 0 Å². The number of unbranched alkanes of at least 4 members (excludes halogenated alkanes) is 10. The van der Waals surface area contributed by atoms with Gasteiger partial charge in [0, 0.05) is 6.42 Å². The van der Waals surface area contributed by atoms with Crippen LogP contribution in [0.4, 0.5) is 0 Å². The van der Waals surface area contributed by atoms with E-state index in [9.17, 15) is 13.0 Å². The van der Waals surface area contributed by atoms with E-state index in [0.29, 0.717) is 12.2 Å². The van der Waals surface area contributed by atoms with Gasteiger partial charge in [0.1, 0.15) is 5.75 Å². The molecule has 4 nitrogen and oxygen atoms in total. The number of hydrogen-bond acceptors (Lipinski definition) is 3. The maximum absolute atomic E-state index is 11.8. The van der Waals surface area contributed by atoms with Crippen LogP contribution in [0, 0.1) is 0 Å². The van der Waals surface area contributed by atoms with Crippen molar-refractivity contribution in [2.45, 2.75) is 129 Å². The normalized spacial score (nSPS) is 12.8. The molecule has 0 aliphatic heterocycles. The molecular weight excluding hydrogens is 408 g/mol. The fourth-order valence-electron chi connectivity index (χ4n) is 4.06. The minimum Gasteiger partial charge on any atom is -0.472 e. The summed E-state index contributed by atoms with van der Waals surface area (Å²) in [5, 5.41) is 0. The van der Waals surface area contributed by atoms with Crippen molar-refractivity contribution < 1.29 is 17.7 Å². The van der Waals surface area contributed by atoms with Crippen molar-refractivity contribution in [3.8, 4) is 5.75 Å². The summed E-state index contributed by atoms with van der Waals surface area (Å²) < 4.78 is 39.1. The van der Waals surface area contributed by atoms with Gasteiger partial charge in [-0.15, -0.1) is 0 Å². The Morgan fingerprint density at radius 1 is 0.774 bits per heavy atom. The van der Waals surface area contributed by atoms with Crippen molar-refractivity contribution in [2.24, 2.45) is 0 Å². The Bertz CT molecular complexity index is 685. The third kappa shape index (κ3) is 11.9. The topological polar surface area (TPSA) is 63.6 Å². The van der Waals surface area contributed by atoms with E-state index in [2.05, 4.69) is 19.9 Å². The first-order chi connectivity index (χ1) is 14.9. The molecule has 0 saturated carbocycles. The maximum Gasteiger partial charge on any atom is 0.303 e. The van der Waals surface area contributed by atoms with E-state index in [1.54, 1.807) is 0 Å². The quantitative estimate of drug-likeness (QED) is 0.170. The van der Waals surface area contributed by atoms with Crippen LogP contribution < -0.4 is 4.74 Å². The second kappa shape index (κ2) is 16.5. The zero-order valence-electron chi connectivity index (χ0n) is 20.2. The van der Waals surface area contributed by atoms with E-state index in [1.807, 2.05) is 19.1 Å². The third-order valence-electron chi connectivity index (χ3n) is 5.93. The second-order valence-corrected chi connectivity index (χ2v) is 10.3. The molecule has 0 aliphatic carbocycles. The zero-order chi connectivity index (χ0) is 23.0. The molecule has 0 aliphatic rings. The number of aryl methyl sites for hydroxylation is 1. The first kappa shape index (κ1) is 28.0. The molecule has 1 N–H and O–H groups in total. The van der Waals surface area contributed by atoms with Gasteiger partial charge in [0.15, 0.2) is 0 Å². The summed E-state index contributed by atoms with van der Waals surface area (Å²) in [5.74, 6) is 0.633. The molecular formula is C26H46O4S. The average Bonchev–Trinajstić information content (AvgIpc) is 2.73. The highest BCUT2D eigenvalue weighted by atomic mass is 32.2. The molecule has 1 atom stereocenters. The highest BCUT2D eigenvalue weighted by Crippen LogP contribution is 2.29. The van der Waals surface area contributed by atoms with Crippen molar-refractivity contribution in [3.63, 3.8) is 0 Å². The number of hydrogen-bond donors (Lipinski definition) is 1. The summed E-state index contributed by atoms with van der Waals surface area (Å²) in [5.41, 5.74) is 1.22. The third-order valence-corrected chi connectivity index (χ3v) is 6.92. The molecule has 1 rings (SSSR count). The summed E-state index contributed by atoms with van der Waals surface area (Å²) in [6.45, 7) is 6.36. The van der Waals surface area contributed by atoms with Crippen molar-refractivity contribution in [1.82, 2.24) is 0 Å². The molecule has 1 aromatic carbocycles. The number of ether oxygens (including phenoxy) is 1. The first-order valence-electron chi connectivity index (χ1n) is 12.7. The van der Waals surface area contributed by atoms with E-state index >= 15 is 0 Å². The molecule has 0 saturated heterocycles. The monoisotopic (exact) mass is 454 g/mol. The van der Waals surface area contributed by atoms with Gasteiger partial charge in [-0.3, -0.25) is 4.55 Å². The van der Waals surface area contributed by atoms with Crippen molar-refractivity contribution in [1.29, 1.82) is 0 Å². The zero-order valence-corrected chi connectivity index (χ0v) is 21.0. The fraction of sp³-hybridized carbons (Fsp3) is 0.769. The maximum atomic E-state index is 11.8. The van der Waals surface area contributed by atoms with Crippen LogP contribution >= 0.6 is 0 Å². The molecule has 0 fully saturated rings. The van der Waals surface area contributed by atoms with Crippen LogP contribution in [-0.2, 0) is 23.0 Å². The Hall–Kier alpha value is -1.07. The molecule has 0 heterocycles. The van der Waals surface area contributed by atoms with Gasteiger partial charge in [-0.1, -0.05) is 104 Å². The van der Waals surface area contributed by atoms with Crippen molar-refractivity contribution in [2.75, 3.05) is 0 Å². The molecule has 31 heavy (non-hydrogen) atoms. The highest BCUT2D eigenvalue weighted by molar-refractivity contribution is 7.86. The minimum atomic E-state index is -4.24. The lowest BCUT2D eigenvalue weighted by Crippen LogP contribution is -2.27. The molecule has 0 aromatic heterocycles. The minimum absolute atomic E-state index is 0.289. The number of rotatable bonds is 19. The molecule has 0 amide bonds. The molecule has 1 unspecified atom stereocenters. The van der Waals surface area contributed by atoms with Crippen molar-refractivity contribution >= 4 is 10.1 Å². The summed E-state index contributed by atoms with van der Waals surface area (Å²) in [4.78, 5) is 0. The van der Waals surface area contributed by atoms with Gasteiger partial charge in [0.25, 0.3) is 0 Å². The Kier molecular flexibility index (Phi) is 14.9. The standard InChI is InChI=1S/C26H46O4S/c1-4-7-9-11-13-15-19-23-20-17-22-25(30-26(18-6-3)31(27,28)29)24(23)21-16-14-12-10-8-5-2/h17,20,22,26H,4-16,18-19,21H2,1-3H3,(H,27,28,29). The molecule has 1 aromatic rings. The average molecular weight is 455 g/mol. The molecule has 0 spiro atoms. The summed E-state index contributed by atoms with van der Waals surface area (Å²) >= 11 is 0. The lowest BCUT2D eigenvalue weighted by molar-refractivity contribution is 0.243. The van der Waals surface area contributed by atoms with Gasteiger partial charge < -0.3 is 4.74 Å². The Morgan fingerprint density at radius 2 is 1.32 bits per heavy atom. The second-order valence-electron chi connectivity index (χ2n) is 8.78. The Morgan fingerprint density at radius 3 is 1.87 bits per heavy atom. The van der Waals surface area contributed by atoms with Gasteiger partial charge in [0.05, 0.1) is 0 Å². The highest BCUT2D eigenvalue weighted by Gasteiger charge is 2.25. The van der Waals surface area contributed by atoms with E-state index in [-0.39, 0.29) is 6.42 Å². The largest absolute Gasteiger partial charge is 0.472 e. The molecule has 0 radical (unpaired) electrons. The summed E-state index contributed by atoms with van der Waals surface area (Å²) in [7, 11) is -4.24. The van der Waals surface area contributed by atoms with Gasteiger partial charge in [0.2, 0.25) is 5.44 Å². The Labute approximate surface area is 191 Å². The smallest absolute Gasteiger partial charge is 0.303 e. The van der Waals surface area contributed by atoms with Gasteiger partial charge in [-0.25, -0.2) is 0 Å². The molecule has 180 valence electrons. The van der Waals surface area contributed by atoms with E-state index in [1.165, 1.54) is 69.8 Å². The fourth-order valence-corrected chi connectivity index (χ4v) is 4.82. The van der Waals surface area contributed by atoms with Crippen LogP contribution in [-0.4, -0.2) is 18.4 Å². The van der Waals surface area contributed by atoms with Gasteiger partial charge in [-0.05, 0) is 42.9 Å². The van der Waals surface area contributed by atoms with Crippen molar-refractivity contribution in [3.05, 3.63) is 29.3 Å². The lowest BCUT2D eigenvalue weighted by Gasteiger charge is -2.20. The predicted molar refractivity (Wildman–Crippen MR) is 131 cm³/mol. The first-order valence-corrected chi connectivity index (χ1v) is 14.2. The van der Waals surface area contributed by atoms with E-state index in [0.717, 1.165) is 31.2 Å².